The largest absolute Gasteiger partial charge is 0.344 e. The molecule has 0 fully saturated rings. The molecule has 0 saturated carbocycles. The number of H-pyrrole nitrogens is 1. The van der Waals surface area contributed by atoms with Gasteiger partial charge in [0, 0.05) is 17.5 Å². The van der Waals surface area contributed by atoms with Crippen LogP contribution in [0.2, 0.25) is 0 Å². The number of benzene rings is 2. The minimum absolute atomic E-state index is 0.106. The topological polar surface area (TPSA) is 57.8 Å². The maximum absolute atomic E-state index is 12.7. The maximum Gasteiger partial charge on any atom is 0.252 e. The molecular formula is C19H19N3O. The van der Waals surface area contributed by atoms with Crippen LogP contribution >= 0.6 is 0 Å². The van der Waals surface area contributed by atoms with Gasteiger partial charge in [-0.2, -0.15) is 0 Å². The Bertz CT molecular complexity index is 808. The Morgan fingerprint density at radius 1 is 1.09 bits per heavy atom. The highest BCUT2D eigenvalue weighted by Crippen LogP contribution is 2.23. The van der Waals surface area contributed by atoms with Gasteiger partial charge in [0.05, 0.1) is 6.04 Å². The number of imidazole rings is 1. The van der Waals surface area contributed by atoms with E-state index in [4.69, 9.17) is 0 Å². The van der Waals surface area contributed by atoms with Gasteiger partial charge in [0.15, 0.2) is 0 Å². The van der Waals surface area contributed by atoms with Crippen LogP contribution in [-0.4, -0.2) is 15.9 Å². The Balaban J connectivity index is 1.86. The van der Waals surface area contributed by atoms with E-state index in [1.165, 1.54) is 0 Å². The van der Waals surface area contributed by atoms with Crippen molar-refractivity contribution in [2.75, 3.05) is 0 Å². The van der Waals surface area contributed by atoms with Crippen LogP contribution in [0.1, 0.15) is 34.8 Å². The maximum atomic E-state index is 12.7. The Labute approximate surface area is 135 Å². The first kappa shape index (κ1) is 15.0. The lowest BCUT2D eigenvalue weighted by atomic mass is 9.99. The van der Waals surface area contributed by atoms with E-state index in [9.17, 15) is 4.79 Å². The molecule has 0 spiro atoms. The van der Waals surface area contributed by atoms with E-state index in [0.717, 1.165) is 22.6 Å². The fraction of sp³-hybridized carbons (Fsp3) is 0.158. The molecule has 4 nitrogen and oxygen atoms in total. The number of nitrogens with one attached hydrogen (secondary N) is 2. The van der Waals surface area contributed by atoms with Gasteiger partial charge in [-0.05, 0) is 31.0 Å². The summed E-state index contributed by atoms with van der Waals surface area (Å²) in [5.74, 6) is 0.652. The smallest absolute Gasteiger partial charge is 0.252 e. The lowest BCUT2D eigenvalue weighted by molar-refractivity contribution is 0.0939. The summed E-state index contributed by atoms with van der Waals surface area (Å²) in [6.07, 6.45) is 1.76. The molecule has 1 aromatic heterocycles. The highest BCUT2D eigenvalue weighted by atomic mass is 16.1. The quantitative estimate of drug-likeness (QED) is 0.768. The van der Waals surface area contributed by atoms with Gasteiger partial charge in [-0.1, -0.05) is 48.5 Å². The SMILES string of the molecule is Cc1cnc(C(C)NC(=O)c2ccccc2-c2ccccc2)[nH]1. The number of carbonyl (C=O) groups is 1. The third-order valence-corrected chi connectivity index (χ3v) is 3.74. The first-order valence-corrected chi connectivity index (χ1v) is 7.62. The van der Waals surface area contributed by atoms with E-state index in [0.29, 0.717) is 5.56 Å². The van der Waals surface area contributed by atoms with Gasteiger partial charge in [-0.25, -0.2) is 4.98 Å². The van der Waals surface area contributed by atoms with Gasteiger partial charge in [0.25, 0.3) is 5.91 Å². The van der Waals surface area contributed by atoms with Gasteiger partial charge < -0.3 is 10.3 Å². The summed E-state index contributed by atoms with van der Waals surface area (Å²) in [7, 11) is 0. The molecule has 0 aliphatic heterocycles. The van der Waals surface area contributed by atoms with Gasteiger partial charge in [-0.3, -0.25) is 4.79 Å². The van der Waals surface area contributed by atoms with E-state index < -0.39 is 0 Å². The number of amides is 1. The van der Waals surface area contributed by atoms with E-state index in [1.807, 2.05) is 68.4 Å². The molecule has 1 atom stereocenters. The van der Waals surface area contributed by atoms with Crippen LogP contribution in [0, 0.1) is 6.92 Å². The Morgan fingerprint density at radius 3 is 2.48 bits per heavy atom. The summed E-state index contributed by atoms with van der Waals surface area (Å²) in [6, 6.07) is 17.4. The van der Waals surface area contributed by atoms with Crippen LogP contribution in [0.3, 0.4) is 0 Å². The highest BCUT2D eigenvalue weighted by Gasteiger charge is 2.16. The molecule has 0 bridgehead atoms. The molecule has 2 aromatic carbocycles. The van der Waals surface area contributed by atoms with Crippen molar-refractivity contribution in [3.63, 3.8) is 0 Å². The number of aryl methyl sites for hydroxylation is 1. The third kappa shape index (κ3) is 3.31. The van der Waals surface area contributed by atoms with Crippen LogP contribution in [-0.2, 0) is 0 Å². The normalized spacial score (nSPS) is 11.9. The number of hydrogen-bond acceptors (Lipinski definition) is 2. The van der Waals surface area contributed by atoms with Gasteiger partial charge in [0.1, 0.15) is 5.82 Å². The molecule has 4 heteroatoms. The Kier molecular flexibility index (Phi) is 4.24. The van der Waals surface area contributed by atoms with Crippen LogP contribution in [0.15, 0.2) is 60.8 Å². The van der Waals surface area contributed by atoms with Crippen LogP contribution < -0.4 is 5.32 Å². The number of rotatable bonds is 4. The molecule has 2 N–H and O–H groups in total. The van der Waals surface area contributed by atoms with Crippen LogP contribution in [0.25, 0.3) is 11.1 Å². The summed E-state index contributed by atoms with van der Waals surface area (Å²) in [5.41, 5.74) is 3.59. The van der Waals surface area contributed by atoms with Crippen molar-refractivity contribution in [1.29, 1.82) is 0 Å². The summed E-state index contributed by atoms with van der Waals surface area (Å²) in [6.45, 7) is 3.86. The minimum Gasteiger partial charge on any atom is -0.344 e. The van der Waals surface area contributed by atoms with Crippen molar-refractivity contribution in [3.8, 4) is 11.1 Å². The van der Waals surface area contributed by atoms with E-state index in [-0.39, 0.29) is 11.9 Å². The molecule has 1 heterocycles. The monoisotopic (exact) mass is 305 g/mol. The molecule has 23 heavy (non-hydrogen) atoms. The number of aromatic amines is 1. The Hall–Kier alpha value is -2.88. The van der Waals surface area contributed by atoms with Crippen molar-refractivity contribution in [3.05, 3.63) is 77.9 Å². The predicted molar refractivity (Wildman–Crippen MR) is 91.1 cm³/mol. The molecule has 0 aliphatic carbocycles. The second-order valence-corrected chi connectivity index (χ2v) is 5.56. The summed E-state index contributed by atoms with van der Waals surface area (Å²) in [5, 5.41) is 3.00. The van der Waals surface area contributed by atoms with E-state index in [2.05, 4.69) is 15.3 Å². The highest BCUT2D eigenvalue weighted by molar-refractivity contribution is 6.01. The lowest BCUT2D eigenvalue weighted by Gasteiger charge is -2.14. The predicted octanol–water partition coefficient (Wildman–Crippen LogP) is 3.88. The van der Waals surface area contributed by atoms with Gasteiger partial charge in [0.2, 0.25) is 0 Å². The van der Waals surface area contributed by atoms with Crippen molar-refractivity contribution in [2.45, 2.75) is 19.9 Å². The van der Waals surface area contributed by atoms with Crippen molar-refractivity contribution < 1.29 is 4.79 Å². The standard InChI is InChI=1S/C19H19N3O/c1-13-12-20-18(21-13)14(2)22-19(23)17-11-7-6-10-16(17)15-8-4-3-5-9-15/h3-12,14H,1-2H3,(H,20,21)(H,22,23). The molecule has 1 unspecified atom stereocenters. The minimum atomic E-state index is -0.181. The fourth-order valence-corrected chi connectivity index (χ4v) is 2.55. The molecule has 0 radical (unpaired) electrons. The summed E-state index contributed by atoms with van der Waals surface area (Å²) >= 11 is 0. The van der Waals surface area contributed by atoms with Crippen molar-refractivity contribution in [2.24, 2.45) is 0 Å². The van der Waals surface area contributed by atoms with Crippen molar-refractivity contribution >= 4 is 5.91 Å². The lowest BCUT2D eigenvalue weighted by Crippen LogP contribution is -2.27. The van der Waals surface area contributed by atoms with E-state index in [1.54, 1.807) is 6.20 Å². The number of carbonyl (C=O) groups excluding carboxylic acids is 1. The number of aromatic nitrogens is 2. The zero-order valence-corrected chi connectivity index (χ0v) is 13.2. The fourth-order valence-electron chi connectivity index (χ4n) is 2.55. The van der Waals surface area contributed by atoms with Crippen LogP contribution in [0.5, 0.6) is 0 Å². The zero-order valence-electron chi connectivity index (χ0n) is 13.2. The van der Waals surface area contributed by atoms with E-state index >= 15 is 0 Å². The first-order valence-electron chi connectivity index (χ1n) is 7.62. The number of nitrogens with zero attached hydrogens (tertiary/aromatic N) is 1. The summed E-state index contributed by atoms with van der Waals surface area (Å²) < 4.78 is 0. The van der Waals surface area contributed by atoms with Gasteiger partial charge in [-0.15, -0.1) is 0 Å². The first-order chi connectivity index (χ1) is 11.1. The third-order valence-electron chi connectivity index (χ3n) is 3.74. The second-order valence-electron chi connectivity index (χ2n) is 5.56. The average Bonchev–Trinajstić information content (AvgIpc) is 3.02. The summed E-state index contributed by atoms with van der Waals surface area (Å²) in [4.78, 5) is 20.1. The molecule has 3 rings (SSSR count). The molecule has 0 aliphatic rings. The molecule has 1 amide bonds. The Morgan fingerprint density at radius 2 is 1.78 bits per heavy atom. The second kappa shape index (κ2) is 6.48. The molecular weight excluding hydrogens is 286 g/mol. The molecule has 116 valence electrons. The molecule has 0 saturated heterocycles. The molecule has 3 aromatic rings. The number of hydrogen-bond donors (Lipinski definition) is 2. The van der Waals surface area contributed by atoms with Crippen molar-refractivity contribution in [1.82, 2.24) is 15.3 Å². The van der Waals surface area contributed by atoms with Gasteiger partial charge >= 0.3 is 0 Å². The average molecular weight is 305 g/mol. The zero-order chi connectivity index (χ0) is 16.2. The van der Waals surface area contributed by atoms with Crippen LogP contribution in [0.4, 0.5) is 0 Å².